The molecule has 3 amide bonds. The summed E-state index contributed by atoms with van der Waals surface area (Å²) >= 11 is 0. The summed E-state index contributed by atoms with van der Waals surface area (Å²) in [6, 6.07) is 15.1. The van der Waals surface area contributed by atoms with Crippen molar-refractivity contribution in [3.05, 3.63) is 65.9 Å². The van der Waals surface area contributed by atoms with Crippen molar-refractivity contribution in [1.82, 2.24) is 10.5 Å². The number of benzene rings is 2. The molecule has 0 aliphatic carbocycles. The molecule has 3 aromatic rings. The molecule has 8 heteroatoms. The number of nitrogens with one attached hydrogen (secondary N) is 3. The Balaban J connectivity index is 1.56. The molecule has 0 radical (unpaired) electrons. The molecule has 0 atom stereocenters. The molecule has 0 saturated carbocycles. The fourth-order valence-electron chi connectivity index (χ4n) is 2.75. The van der Waals surface area contributed by atoms with E-state index in [2.05, 4.69) is 21.1 Å². The first-order valence-corrected chi connectivity index (χ1v) is 10.5. The van der Waals surface area contributed by atoms with Crippen LogP contribution in [0.25, 0.3) is 0 Å². The normalized spacial score (nSPS) is 11.0. The van der Waals surface area contributed by atoms with Crippen molar-refractivity contribution in [3.63, 3.8) is 0 Å². The van der Waals surface area contributed by atoms with Crippen molar-refractivity contribution in [2.75, 3.05) is 17.2 Å². The topological polar surface area (TPSA) is 105 Å². The predicted molar refractivity (Wildman–Crippen MR) is 123 cm³/mol. The standard InChI is InChI=1S/C24H28N4O4/c1-5-13-25-22(29)16-7-6-8-19(14-16)31-18-11-9-17(10-12-18)26-23(30)27-21-15-20(32-28-21)24(2,3)4/h6-12,14-15H,5,13H2,1-4H3,(H,25,29)(H2,26,27,28,30). The highest BCUT2D eigenvalue weighted by Gasteiger charge is 2.20. The van der Waals surface area contributed by atoms with E-state index in [1.54, 1.807) is 54.6 Å². The van der Waals surface area contributed by atoms with Gasteiger partial charge in [0.15, 0.2) is 5.82 Å². The molecule has 0 aliphatic heterocycles. The average Bonchev–Trinajstić information content (AvgIpc) is 3.22. The first-order chi connectivity index (χ1) is 15.2. The van der Waals surface area contributed by atoms with Gasteiger partial charge >= 0.3 is 6.03 Å². The zero-order chi connectivity index (χ0) is 23.1. The van der Waals surface area contributed by atoms with Gasteiger partial charge in [0.05, 0.1) is 0 Å². The van der Waals surface area contributed by atoms with Crippen LogP contribution in [0.4, 0.5) is 16.3 Å². The molecule has 3 N–H and O–H groups in total. The molecule has 0 spiro atoms. The Labute approximate surface area is 187 Å². The second-order valence-electron chi connectivity index (χ2n) is 8.32. The maximum atomic E-state index is 12.2. The molecule has 8 nitrogen and oxygen atoms in total. The lowest BCUT2D eigenvalue weighted by Gasteiger charge is -2.12. The number of carbonyl (C=O) groups excluding carboxylic acids is 2. The van der Waals surface area contributed by atoms with Crippen LogP contribution in [0.15, 0.2) is 59.1 Å². The van der Waals surface area contributed by atoms with E-state index in [1.807, 2.05) is 27.7 Å². The lowest BCUT2D eigenvalue weighted by molar-refractivity contribution is 0.0953. The van der Waals surface area contributed by atoms with Crippen LogP contribution < -0.4 is 20.7 Å². The smallest absolute Gasteiger partial charge is 0.324 e. The molecule has 0 aliphatic rings. The summed E-state index contributed by atoms with van der Waals surface area (Å²) in [7, 11) is 0. The van der Waals surface area contributed by atoms with Gasteiger partial charge in [0.25, 0.3) is 5.91 Å². The zero-order valence-corrected chi connectivity index (χ0v) is 18.7. The van der Waals surface area contributed by atoms with Gasteiger partial charge in [-0.1, -0.05) is 38.9 Å². The minimum absolute atomic E-state index is 0.135. The van der Waals surface area contributed by atoms with E-state index in [-0.39, 0.29) is 11.3 Å². The molecular formula is C24H28N4O4. The Kier molecular flexibility index (Phi) is 7.14. The summed E-state index contributed by atoms with van der Waals surface area (Å²) in [5.74, 6) is 2.02. The van der Waals surface area contributed by atoms with Crippen molar-refractivity contribution in [2.45, 2.75) is 39.5 Å². The quantitative estimate of drug-likeness (QED) is 0.450. The Bertz CT molecular complexity index is 1070. The molecule has 0 bridgehead atoms. The van der Waals surface area contributed by atoms with Gasteiger partial charge in [-0.05, 0) is 48.9 Å². The Morgan fingerprint density at radius 2 is 1.75 bits per heavy atom. The first kappa shape index (κ1) is 22.9. The lowest BCUT2D eigenvalue weighted by Crippen LogP contribution is -2.23. The van der Waals surface area contributed by atoms with E-state index in [4.69, 9.17) is 9.26 Å². The summed E-state index contributed by atoms with van der Waals surface area (Å²) in [6.07, 6.45) is 0.872. The van der Waals surface area contributed by atoms with Gasteiger partial charge in [-0.3, -0.25) is 10.1 Å². The highest BCUT2D eigenvalue weighted by molar-refractivity contribution is 5.99. The van der Waals surface area contributed by atoms with Gasteiger partial charge in [0.2, 0.25) is 0 Å². The van der Waals surface area contributed by atoms with Crippen LogP contribution in [0, 0.1) is 0 Å². The fourth-order valence-corrected chi connectivity index (χ4v) is 2.75. The van der Waals surface area contributed by atoms with Crippen molar-refractivity contribution >= 4 is 23.4 Å². The SMILES string of the molecule is CCCNC(=O)c1cccc(Oc2ccc(NC(=O)Nc3cc(C(C)(C)C)on3)cc2)c1. The van der Waals surface area contributed by atoms with Gasteiger partial charge in [-0.2, -0.15) is 0 Å². The van der Waals surface area contributed by atoms with Crippen LogP contribution in [0.1, 0.15) is 50.2 Å². The first-order valence-electron chi connectivity index (χ1n) is 10.5. The largest absolute Gasteiger partial charge is 0.457 e. The Morgan fingerprint density at radius 1 is 1.00 bits per heavy atom. The van der Waals surface area contributed by atoms with Crippen LogP contribution in [-0.4, -0.2) is 23.6 Å². The van der Waals surface area contributed by atoms with Crippen molar-refractivity contribution < 1.29 is 18.8 Å². The second kappa shape index (κ2) is 10.00. The molecule has 32 heavy (non-hydrogen) atoms. The van der Waals surface area contributed by atoms with Crippen LogP contribution in [0.2, 0.25) is 0 Å². The number of hydrogen-bond donors (Lipinski definition) is 3. The summed E-state index contributed by atoms with van der Waals surface area (Å²) < 4.78 is 11.1. The minimum Gasteiger partial charge on any atom is -0.457 e. The van der Waals surface area contributed by atoms with Gasteiger partial charge < -0.3 is 19.9 Å². The maximum absolute atomic E-state index is 12.2. The van der Waals surface area contributed by atoms with E-state index in [0.29, 0.717) is 40.9 Å². The summed E-state index contributed by atoms with van der Waals surface area (Å²) in [6.45, 7) is 8.62. The Morgan fingerprint density at radius 3 is 2.41 bits per heavy atom. The Hall–Kier alpha value is -3.81. The second-order valence-corrected chi connectivity index (χ2v) is 8.32. The van der Waals surface area contributed by atoms with E-state index < -0.39 is 6.03 Å². The molecule has 1 aromatic heterocycles. The van der Waals surface area contributed by atoms with E-state index in [9.17, 15) is 9.59 Å². The van der Waals surface area contributed by atoms with Crippen LogP contribution in [0.3, 0.4) is 0 Å². The van der Waals surface area contributed by atoms with Crippen molar-refractivity contribution in [1.29, 1.82) is 0 Å². The highest BCUT2D eigenvalue weighted by Crippen LogP contribution is 2.25. The third-order valence-electron chi connectivity index (χ3n) is 4.47. The van der Waals surface area contributed by atoms with E-state index >= 15 is 0 Å². The van der Waals surface area contributed by atoms with Crippen LogP contribution in [-0.2, 0) is 5.41 Å². The van der Waals surface area contributed by atoms with Crippen LogP contribution >= 0.6 is 0 Å². The maximum Gasteiger partial charge on any atom is 0.324 e. The number of carbonyl (C=O) groups is 2. The van der Waals surface area contributed by atoms with Gasteiger partial charge in [0, 0.05) is 29.3 Å². The number of aromatic nitrogens is 1. The van der Waals surface area contributed by atoms with E-state index in [0.717, 1.165) is 6.42 Å². The van der Waals surface area contributed by atoms with Gasteiger partial charge in [-0.25, -0.2) is 4.79 Å². The number of hydrogen-bond acceptors (Lipinski definition) is 5. The van der Waals surface area contributed by atoms with Gasteiger partial charge in [-0.15, -0.1) is 0 Å². The zero-order valence-electron chi connectivity index (χ0n) is 18.7. The monoisotopic (exact) mass is 436 g/mol. The number of rotatable bonds is 7. The summed E-state index contributed by atoms with van der Waals surface area (Å²) in [4.78, 5) is 24.3. The molecular weight excluding hydrogens is 408 g/mol. The molecule has 3 rings (SSSR count). The lowest BCUT2D eigenvalue weighted by atomic mass is 9.93. The van der Waals surface area contributed by atoms with Crippen LogP contribution in [0.5, 0.6) is 11.5 Å². The van der Waals surface area contributed by atoms with Crippen molar-refractivity contribution in [3.8, 4) is 11.5 Å². The molecule has 0 fully saturated rings. The molecule has 0 unspecified atom stereocenters. The number of anilines is 2. The number of amides is 3. The third kappa shape index (κ3) is 6.34. The molecule has 1 heterocycles. The predicted octanol–water partition coefficient (Wildman–Crippen LogP) is 5.55. The minimum atomic E-state index is -0.432. The summed E-state index contributed by atoms with van der Waals surface area (Å²) in [5, 5.41) is 12.1. The van der Waals surface area contributed by atoms with E-state index in [1.165, 1.54) is 0 Å². The fraction of sp³-hybridized carbons (Fsp3) is 0.292. The van der Waals surface area contributed by atoms with Gasteiger partial charge in [0.1, 0.15) is 17.3 Å². The summed E-state index contributed by atoms with van der Waals surface area (Å²) in [5.41, 5.74) is 0.924. The average molecular weight is 437 g/mol. The molecule has 2 aromatic carbocycles. The number of ether oxygens (including phenoxy) is 1. The van der Waals surface area contributed by atoms with Crippen molar-refractivity contribution in [2.24, 2.45) is 0 Å². The highest BCUT2D eigenvalue weighted by atomic mass is 16.5. The molecule has 0 saturated heterocycles. The number of urea groups is 1. The molecule has 168 valence electrons. The third-order valence-corrected chi connectivity index (χ3v) is 4.47. The number of nitrogens with zero attached hydrogens (tertiary/aromatic N) is 1.